The summed E-state index contributed by atoms with van der Waals surface area (Å²) in [5.41, 5.74) is -0.537. The average Bonchev–Trinajstić information content (AvgIpc) is 3.42. The lowest BCUT2D eigenvalue weighted by Crippen LogP contribution is -2.68. The van der Waals surface area contributed by atoms with Crippen molar-refractivity contribution in [1.29, 1.82) is 0 Å². The highest BCUT2D eigenvalue weighted by Gasteiger charge is 2.76. The van der Waals surface area contributed by atoms with Crippen molar-refractivity contribution in [3.05, 3.63) is 64.2 Å². The molecular formula is C24H27ClO7. The van der Waals surface area contributed by atoms with E-state index in [1.54, 1.807) is 18.2 Å². The van der Waals surface area contributed by atoms with Gasteiger partial charge in [0.15, 0.2) is 5.60 Å². The quantitative estimate of drug-likeness (QED) is 0.519. The summed E-state index contributed by atoms with van der Waals surface area (Å²) in [6.07, 6.45) is -3.19. The Morgan fingerprint density at radius 2 is 1.78 bits per heavy atom. The van der Waals surface area contributed by atoms with Crippen LogP contribution >= 0.6 is 11.6 Å². The van der Waals surface area contributed by atoms with Crippen LogP contribution in [0.4, 0.5) is 0 Å². The van der Waals surface area contributed by atoms with Crippen molar-refractivity contribution < 1.29 is 34.6 Å². The molecular weight excluding hydrogens is 436 g/mol. The van der Waals surface area contributed by atoms with E-state index in [1.165, 1.54) is 0 Å². The number of ether oxygens (including phenoxy) is 3. The lowest BCUT2D eigenvalue weighted by atomic mass is 9.79. The zero-order valence-corrected chi connectivity index (χ0v) is 18.5. The molecule has 32 heavy (non-hydrogen) atoms. The summed E-state index contributed by atoms with van der Waals surface area (Å²) in [6.45, 7) is 2.38. The molecule has 172 valence electrons. The molecule has 2 aliphatic heterocycles. The molecule has 7 nitrogen and oxygen atoms in total. The predicted molar refractivity (Wildman–Crippen MR) is 116 cm³/mol. The van der Waals surface area contributed by atoms with Crippen LogP contribution in [0.2, 0.25) is 5.02 Å². The Morgan fingerprint density at radius 1 is 1.06 bits per heavy atom. The predicted octanol–water partition coefficient (Wildman–Crippen LogP) is 1.89. The van der Waals surface area contributed by atoms with Gasteiger partial charge in [-0.25, -0.2) is 0 Å². The normalized spacial score (nSPS) is 35.0. The minimum absolute atomic E-state index is 0.143. The molecule has 2 saturated heterocycles. The zero-order valence-electron chi connectivity index (χ0n) is 17.7. The van der Waals surface area contributed by atoms with Crippen molar-refractivity contribution >= 4 is 11.6 Å². The molecule has 3 aliphatic rings. The Kier molecular flexibility index (Phi) is 5.30. The highest BCUT2D eigenvalue weighted by atomic mass is 35.5. The van der Waals surface area contributed by atoms with Gasteiger partial charge >= 0.3 is 0 Å². The van der Waals surface area contributed by atoms with E-state index in [9.17, 15) is 20.4 Å². The molecule has 2 aromatic carbocycles. The Bertz CT molecular complexity index is 1010. The minimum Gasteiger partial charge on any atom is -0.494 e. The van der Waals surface area contributed by atoms with Gasteiger partial charge in [-0.2, -0.15) is 0 Å². The number of aliphatic hydroxyl groups is 4. The van der Waals surface area contributed by atoms with Gasteiger partial charge in [-0.1, -0.05) is 29.8 Å². The number of halogens is 1. The fraction of sp³-hybridized carbons (Fsp3) is 0.500. The maximum atomic E-state index is 10.9. The highest BCUT2D eigenvalue weighted by Crippen LogP contribution is 2.59. The van der Waals surface area contributed by atoms with Gasteiger partial charge < -0.3 is 34.6 Å². The van der Waals surface area contributed by atoms with Crippen LogP contribution in [0.5, 0.6) is 5.75 Å². The van der Waals surface area contributed by atoms with Crippen molar-refractivity contribution in [1.82, 2.24) is 0 Å². The van der Waals surface area contributed by atoms with E-state index >= 15 is 0 Å². The second-order valence-corrected chi connectivity index (χ2v) is 9.33. The van der Waals surface area contributed by atoms with Crippen LogP contribution in [0, 0.1) is 0 Å². The molecule has 5 rings (SSSR count). The highest BCUT2D eigenvalue weighted by molar-refractivity contribution is 6.31. The lowest BCUT2D eigenvalue weighted by molar-refractivity contribution is -0.341. The second kappa shape index (κ2) is 7.67. The molecule has 2 aromatic rings. The van der Waals surface area contributed by atoms with E-state index in [0.717, 1.165) is 16.9 Å². The van der Waals surface area contributed by atoms with Crippen molar-refractivity contribution in [3.8, 4) is 5.75 Å². The minimum atomic E-state index is -1.71. The smallest absolute Gasteiger partial charge is 0.225 e. The first-order valence-corrected chi connectivity index (χ1v) is 11.2. The fourth-order valence-electron chi connectivity index (χ4n) is 4.89. The first kappa shape index (κ1) is 22.1. The van der Waals surface area contributed by atoms with Crippen LogP contribution in [0.3, 0.4) is 0 Å². The van der Waals surface area contributed by atoms with E-state index in [4.69, 9.17) is 25.8 Å². The van der Waals surface area contributed by atoms with Gasteiger partial charge in [-0.05, 0) is 61.6 Å². The molecule has 8 heteroatoms. The summed E-state index contributed by atoms with van der Waals surface area (Å²) < 4.78 is 17.6. The molecule has 0 spiro atoms. The van der Waals surface area contributed by atoms with Crippen molar-refractivity contribution in [2.24, 2.45) is 0 Å². The number of aliphatic hydroxyl groups excluding tert-OH is 3. The molecule has 1 saturated carbocycles. The van der Waals surface area contributed by atoms with Crippen molar-refractivity contribution in [2.75, 3.05) is 13.2 Å². The Morgan fingerprint density at radius 3 is 2.44 bits per heavy atom. The SMILES string of the molecule is CCOc1ccc(Cc2cc(C34OCC(C5(O)CC5)(O3)[C@@H](O)[C@H](O)[C@H]4O)ccc2Cl)cc1. The Labute approximate surface area is 191 Å². The van der Waals surface area contributed by atoms with Crippen molar-refractivity contribution in [3.63, 3.8) is 0 Å². The van der Waals surface area contributed by atoms with Crippen LogP contribution in [0.25, 0.3) is 0 Å². The molecule has 3 fully saturated rings. The molecule has 2 unspecified atom stereocenters. The van der Waals surface area contributed by atoms with Gasteiger partial charge in [-0.15, -0.1) is 0 Å². The number of hydrogen-bond acceptors (Lipinski definition) is 7. The van der Waals surface area contributed by atoms with Gasteiger partial charge in [0.2, 0.25) is 5.79 Å². The molecule has 2 heterocycles. The Balaban J connectivity index is 1.48. The summed E-state index contributed by atoms with van der Waals surface area (Å²) in [4.78, 5) is 0. The van der Waals surface area contributed by atoms with Crippen molar-refractivity contribution in [2.45, 2.75) is 61.5 Å². The monoisotopic (exact) mass is 462 g/mol. The third-order valence-corrected chi connectivity index (χ3v) is 7.31. The van der Waals surface area contributed by atoms with E-state index in [1.807, 2.05) is 31.2 Å². The fourth-order valence-corrected chi connectivity index (χ4v) is 5.07. The molecule has 0 amide bonds. The summed E-state index contributed by atoms with van der Waals surface area (Å²) in [5, 5.41) is 43.5. The molecule has 5 atom stereocenters. The second-order valence-electron chi connectivity index (χ2n) is 8.92. The van der Waals surface area contributed by atoms with Gasteiger partial charge in [0.1, 0.15) is 24.1 Å². The molecule has 2 bridgehead atoms. The third kappa shape index (κ3) is 3.19. The largest absolute Gasteiger partial charge is 0.494 e. The summed E-state index contributed by atoms with van der Waals surface area (Å²) in [6, 6.07) is 12.8. The standard InChI is InChI=1S/C24H27ClO7/c1-2-30-17-6-3-14(4-7-17)11-15-12-16(5-8-18(15)25)24-21(28)19(26)20(27)23(32-24,13-31-24)22(29)9-10-22/h3-8,12,19-21,26-29H,2,9-11,13H2,1H3/t19-,20-,21+,23?,24?/m0/s1. The summed E-state index contributed by atoms with van der Waals surface area (Å²) in [5.74, 6) is -0.926. The van der Waals surface area contributed by atoms with E-state index in [2.05, 4.69) is 0 Å². The summed E-state index contributed by atoms with van der Waals surface area (Å²) >= 11 is 6.47. The number of rotatable bonds is 6. The Hall–Kier alpha value is -1.71. The van der Waals surface area contributed by atoms with Crippen LogP contribution in [0.1, 0.15) is 36.5 Å². The lowest BCUT2D eigenvalue weighted by Gasteiger charge is -2.48. The van der Waals surface area contributed by atoms with E-state index in [-0.39, 0.29) is 6.61 Å². The molecule has 1 aliphatic carbocycles. The first-order chi connectivity index (χ1) is 15.2. The van der Waals surface area contributed by atoms with Crippen LogP contribution in [0.15, 0.2) is 42.5 Å². The van der Waals surface area contributed by atoms with Gasteiger partial charge in [0.05, 0.1) is 18.8 Å². The maximum absolute atomic E-state index is 10.9. The zero-order chi connectivity index (χ0) is 22.7. The third-order valence-electron chi connectivity index (χ3n) is 6.94. The van der Waals surface area contributed by atoms with Gasteiger partial charge in [-0.3, -0.25) is 0 Å². The molecule has 0 radical (unpaired) electrons. The first-order valence-electron chi connectivity index (χ1n) is 10.9. The number of fused-ring (bicyclic) bond motifs is 2. The van der Waals surface area contributed by atoms with Gasteiger partial charge in [0.25, 0.3) is 0 Å². The van der Waals surface area contributed by atoms with Crippen LogP contribution in [-0.2, 0) is 21.7 Å². The average molecular weight is 463 g/mol. The van der Waals surface area contributed by atoms with Gasteiger partial charge in [0, 0.05) is 10.6 Å². The van der Waals surface area contributed by atoms with Crippen LogP contribution in [-0.4, -0.2) is 63.2 Å². The summed E-state index contributed by atoms with van der Waals surface area (Å²) in [7, 11) is 0. The number of hydrogen-bond donors (Lipinski definition) is 4. The topological polar surface area (TPSA) is 109 Å². The van der Waals surface area contributed by atoms with E-state index in [0.29, 0.717) is 36.5 Å². The molecule has 0 aromatic heterocycles. The maximum Gasteiger partial charge on any atom is 0.225 e. The number of benzene rings is 2. The van der Waals surface area contributed by atoms with E-state index < -0.39 is 35.3 Å². The van der Waals surface area contributed by atoms with Crippen LogP contribution < -0.4 is 4.74 Å². The molecule has 4 N–H and O–H groups in total.